The quantitative estimate of drug-likeness (QED) is 0.474. The van der Waals surface area contributed by atoms with Gasteiger partial charge in [0.15, 0.2) is 0 Å². The number of aryl methyl sites for hydroxylation is 1. The number of ether oxygens (including phenoxy) is 1. The van der Waals surface area contributed by atoms with Crippen molar-refractivity contribution in [2.45, 2.75) is 58.1 Å². The lowest BCUT2D eigenvalue weighted by Crippen LogP contribution is -2.49. The van der Waals surface area contributed by atoms with Crippen LogP contribution in [0.4, 0.5) is 0 Å². The zero-order valence-electron chi connectivity index (χ0n) is 20.7. The van der Waals surface area contributed by atoms with Crippen molar-refractivity contribution in [1.82, 2.24) is 9.80 Å². The van der Waals surface area contributed by atoms with Crippen LogP contribution in [0, 0.1) is 19.8 Å². The van der Waals surface area contributed by atoms with Gasteiger partial charge in [0, 0.05) is 25.2 Å². The fourth-order valence-electron chi connectivity index (χ4n) is 5.38. The second kappa shape index (κ2) is 12.0. The lowest BCUT2D eigenvalue weighted by molar-refractivity contribution is -0.144. The van der Waals surface area contributed by atoms with Gasteiger partial charge >= 0.3 is 5.97 Å². The van der Waals surface area contributed by atoms with Crippen molar-refractivity contribution in [1.29, 1.82) is 0 Å². The second-order valence-electron chi connectivity index (χ2n) is 10.1. The van der Waals surface area contributed by atoms with E-state index in [2.05, 4.69) is 22.8 Å². The molecule has 2 fully saturated rings. The third-order valence-corrected chi connectivity index (χ3v) is 8.58. The third kappa shape index (κ3) is 6.71. The van der Waals surface area contributed by atoms with E-state index < -0.39 is 12.0 Å². The highest BCUT2D eigenvalue weighted by Crippen LogP contribution is 2.33. The highest BCUT2D eigenvalue weighted by Gasteiger charge is 2.31. The van der Waals surface area contributed by atoms with Gasteiger partial charge < -0.3 is 14.7 Å². The van der Waals surface area contributed by atoms with E-state index in [4.69, 9.17) is 27.9 Å². The lowest BCUT2D eigenvalue weighted by atomic mass is 9.92. The van der Waals surface area contributed by atoms with Crippen molar-refractivity contribution in [3.63, 3.8) is 0 Å². The molecule has 0 radical (unpaired) electrons. The summed E-state index contributed by atoms with van der Waals surface area (Å²) in [5.41, 5.74) is 3.19. The minimum absolute atomic E-state index is 0.196. The Bertz CT molecular complexity index is 1020. The number of likely N-dealkylation sites (tertiary alicyclic amines) is 2. The first kappa shape index (κ1) is 26.3. The molecule has 2 heterocycles. The van der Waals surface area contributed by atoms with Gasteiger partial charge in [-0.1, -0.05) is 47.5 Å². The second-order valence-corrected chi connectivity index (χ2v) is 10.9. The van der Waals surface area contributed by atoms with Crippen LogP contribution in [-0.4, -0.2) is 65.7 Å². The van der Waals surface area contributed by atoms with Crippen LogP contribution in [0.15, 0.2) is 36.4 Å². The summed E-state index contributed by atoms with van der Waals surface area (Å²) < 4.78 is 6.25. The Hall–Kier alpha value is -1.79. The van der Waals surface area contributed by atoms with Gasteiger partial charge in [-0.25, -0.2) is 0 Å². The van der Waals surface area contributed by atoms with Crippen LogP contribution in [0.3, 0.4) is 0 Å². The van der Waals surface area contributed by atoms with Crippen LogP contribution in [0.5, 0.6) is 5.75 Å². The summed E-state index contributed by atoms with van der Waals surface area (Å²) in [6, 6.07) is 11.4. The SMILES string of the molecule is Cc1ccccc1C[C@@H](C(=O)O)N1CCC(CN2CCC(Oc3ccc(Cl)c(Cl)c3C)CC2)CC1. The average Bonchev–Trinajstić information content (AvgIpc) is 2.85. The zero-order valence-corrected chi connectivity index (χ0v) is 22.2. The number of benzene rings is 2. The summed E-state index contributed by atoms with van der Waals surface area (Å²) in [6.07, 6.45) is 4.86. The maximum atomic E-state index is 12.1. The van der Waals surface area contributed by atoms with Crippen molar-refractivity contribution in [2.75, 3.05) is 32.7 Å². The number of aliphatic carboxylic acids is 1. The van der Waals surface area contributed by atoms with E-state index in [0.717, 1.165) is 80.8 Å². The number of carboxylic acids is 1. The molecule has 2 aromatic carbocycles. The maximum absolute atomic E-state index is 12.1. The van der Waals surface area contributed by atoms with Crippen molar-refractivity contribution >= 4 is 29.2 Å². The molecular formula is C28H36Cl2N2O3. The lowest BCUT2D eigenvalue weighted by Gasteiger charge is -2.39. The number of piperidine rings is 2. The molecule has 2 aromatic rings. The molecule has 0 aliphatic carbocycles. The number of hydrogen-bond acceptors (Lipinski definition) is 4. The number of nitrogens with zero attached hydrogens (tertiary/aromatic N) is 2. The molecule has 7 heteroatoms. The smallest absolute Gasteiger partial charge is 0.321 e. The maximum Gasteiger partial charge on any atom is 0.321 e. The van der Waals surface area contributed by atoms with Crippen molar-refractivity contribution in [3.05, 3.63) is 63.1 Å². The van der Waals surface area contributed by atoms with Gasteiger partial charge in [-0.05, 0) is 88.2 Å². The van der Waals surface area contributed by atoms with Gasteiger partial charge in [0.25, 0.3) is 0 Å². The standard InChI is InChI=1S/C28H36Cl2N2O3/c1-19-5-3-4-6-22(19)17-25(28(33)34)32-15-9-21(10-16-32)18-31-13-11-23(12-14-31)35-26-8-7-24(29)27(30)20(26)2/h3-8,21,23,25H,9-18H2,1-2H3,(H,33,34)/t25-/m0/s1. The number of carbonyl (C=O) groups is 1. The van der Waals surface area contributed by atoms with Gasteiger partial charge in [-0.15, -0.1) is 0 Å². The Labute approximate surface area is 219 Å². The summed E-state index contributed by atoms with van der Waals surface area (Å²) in [5, 5.41) is 11.0. The highest BCUT2D eigenvalue weighted by atomic mass is 35.5. The molecule has 4 rings (SSSR count). The fourth-order valence-corrected chi connectivity index (χ4v) is 5.74. The van der Waals surface area contributed by atoms with Crippen LogP contribution in [0.25, 0.3) is 0 Å². The molecule has 190 valence electrons. The van der Waals surface area contributed by atoms with Crippen LogP contribution in [-0.2, 0) is 11.2 Å². The summed E-state index contributed by atoms with van der Waals surface area (Å²) >= 11 is 12.4. The van der Waals surface area contributed by atoms with Gasteiger partial charge in [-0.3, -0.25) is 9.69 Å². The fraction of sp³-hybridized carbons (Fsp3) is 0.536. The first-order valence-electron chi connectivity index (χ1n) is 12.7. The monoisotopic (exact) mass is 518 g/mol. The van der Waals surface area contributed by atoms with Gasteiger partial charge in [0.05, 0.1) is 10.0 Å². The molecule has 1 atom stereocenters. The van der Waals surface area contributed by atoms with Gasteiger partial charge in [0.1, 0.15) is 17.9 Å². The van der Waals surface area contributed by atoms with Gasteiger partial charge in [0.2, 0.25) is 0 Å². The molecule has 0 spiro atoms. The Balaban J connectivity index is 1.23. The summed E-state index contributed by atoms with van der Waals surface area (Å²) in [6.45, 7) is 8.84. The van der Waals surface area contributed by atoms with Crippen LogP contribution in [0.1, 0.15) is 42.4 Å². The molecule has 2 saturated heterocycles. The van der Waals surface area contributed by atoms with Crippen molar-refractivity contribution in [2.24, 2.45) is 5.92 Å². The normalized spacial score (nSPS) is 19.5. The molecule has 0 aromatic heterocycles. The number of rotatable bonds is 8. The highest BCUT2D eigenvalue weighted by molar-refractivity contribution is 6.42. The first-order chi connectivity index (χ1) is 16.8. The summed E-state index contributed by atoms with van der Waals surface area (Å²) in [7, 11) is 0. The molecule has 35 heavy (non-hydrogen) atoms. The molecule has 1 N–H and O–H groups in total. The number of carboxylic acid groups (broad SMARTS) is 1. The molecule has 2 aliphatic heterocycles. The molecule has 0 amide bonds. The van der Waals surface area contributed by atoms with E-state index in [1.807, 2.05) is 31.2 Å². The van der Waals surface area contributed by atoms with Crippen LogP contribution >= 0.6 is 23.2 Å². The molecule has 0 bridgehead atoms. The van der Waals surface area contributed by atoms with E-state index >= 15 is 0 Å². The van der Waals surface area contributed by atoms with Crippen molar-refractivity contribution in [3.8, 4) is 5.75 Å². The van der Waals surface area contributed by atoms with E-state index in [9.17, 15) is 9.90 Å². The zero-order chi connectivity index (χ0) is 24.9. The number of halogens is 2. The van der Waals surface area contributed by atoms with E-state index in [0.29, 0.717) is 22.4 Å². The minimum atomic E-state index is -0.717. The molecular weight excluding hydrogens is 483 g/mol. The third-order valence-electron chi connectivity index (χ3n) is 7.68. The largest absolute Gasteiger partial charge is 0.490 e. The van der Waals surface area contributed by atoms with Crippen LogP contribution in [0.2, 0.25) is 10.0 Å². The Kier molecular flexibility index (Phi) is 8.98. The predicted octanol–water partition coefficient (Wildman–Crippen LogP) is 5.86. The van der Waals surface area contributed by atoms with Crippen LogP contribution < -0.4 is 4.74 Å². The molecule has 0 unspecified atom stereocenters. The molecule has 0 saturated carbocycles. The minimum Gasteiger partial charge on any atom is -0.490 e. The topological polar surface area (TPSA) is 53.0 Å². The summed E-state index contributed by atoms with van der Waals surface area (Å²) in [5.74, 6) is 0.726. The Morgan fingerprint density at radius 3 is 2.37 bits per heavy atom. The van der Waals surface area contributed by atoms with Crippen molar-refractivity contribution < 1.29 is 14.6 Å². The number of hydrogen-bond donors (Lipinski definition) is 1. The first-order valence-corrected chi connectivity index (χ1v) is 13.4. The summed E-state index contributed by atoms with van der Waals surface area (Å²) in [4.78, 5) is 16.8. The van der Waals surface area contributed by atoms with E-state index in [1.165, 1.54) is 0 Å². The Morgan fingerprint density at radius 1 is 1.03 bits per heavy atom. The Morgan fingerprint density at radius 2 is 1.71 bits per heavy atom. The van der Waals surface area contributed by atoms with Gasteiger partial charge in [-0.2, -0.15) is 0 Å². The molecule has 5 nitrogen and oxygen atoms in total. The van der Waals surface area contributed by atoms with E-state index in [-0.39, 0.29) is 6.10 Å². The predicted molar refractivity (Wildman–Crippen MR) is 142 cm³/mol. The molecule has 2 aliphatic rings. The average molecular weight is 520 g/mol. The van der Waals surface area contributed by atoms with E-state index in [1.54, 1.807) is 6.07 Å².